The molecule has 0 bridgehead atoms. The summed E-state index contributed by atoms with van der Waals surface area (Å²) < 4.78 is 6.56. The Morgan fingerprint density at radius 3 is 2.14 bits per heavy atom. The van der Waals surface area contributed by atoms with Crippen LogP contribution in [0.2, 0.25) is 0 Å². The second kappa shape index (κ2) is 8.41. The molecule has 2 rings (SSSR count). The first kappa shape index (κ1) is 17.1. The molecule has 0 radical (unpaired) electrons. The van der Waals surface area contributed by atoms with E-state index >= 15 is 0 Å². The van der Waals surface area contributed by atoms with E-state index in [1.807, 2.05) is 0 Å². The number of ether oxygens (including phenoxy) is 1. The predicted octanol–water partition coefficient (Wildman–Crippen LogP) is 6.77. The van der Waals surface area contributed by atoms with E-state index in [0.29, 0.717) is 0 Å². The monoisotopic (exact) mass is 300 g/mol. The number of rotatable bonds is 9. The minimum Gasteiger partial charge on any atom is -0.483 e. The highest BCUT2D eigenvalue weighted by molar-refractivity contribution is 5.73. The molecule has 1 nitrogen and oxygen atoms in total. The summed E-state index contributed by atoms with van der Waals surface area (Å²) in [4.78, 5) is 0. The van der Waals surface area contributed by atoms with Gasteiger partial charge in [-0.25, -0.2) is 0 Å². The van der Waals surface area contributed by atoms with Crippen molar-refractivity contribution in [1.82, 2.24) is 0 Å². The summed E-state index contributed by atoms with van der Waals surface area (Å²) in [6.07, 6.45) is 13.4. The Kier molecular flexibility index (Phi) is 6.54. The van der Waals surface area contributed by atoms with Crippen LogP contribution in [0.4, 0.5) is 0 Å². The number of allylic oxidation sites excluding steroid dienone is 1. The van der Waals surface area contributed by atoms with Crippen molar-refractivity contribution in [3.05, 3.63) is 35.9 Å². The molecule has 0 fully saturated rings. The molecule has 0 spiro atoms. The summed E-state index contributed by atoms with van der Waals surface area (Å²) in [5.41, 5.74) is 2.76. The van der Waals surface area contributed by atoms with E-state index < -0.39 is 0 Å². The molecule has 1 heterocycles. The number of benzene rings is 1. The van der Waals surface area contributed by atoms with Crippen LogP contribution in [0.1, 0.15) is 84.1 Å². The highest BCUT2D eigenvalue weighted by Crippen LogP contribution is 2.42. The molecule has 1 aliphatic rings. The van der Waals surface area contributed by atoms with Crippen molar-refractivity contribution in [3.63, 3.8) is 0 Å². The summed E-state index contributed by atoms with van der Waals surface area (Å²) in [6.45, 7) is 6.81. The lowest BCUT2D eigenvalue weighted by atomic mass is 9.83. The fraction of sp³-hybridized carbons (Fsp3) is 0.619. The van der Waals surface area contributed by atoms with Crippen molar-refractivity contribution in [1.29, 1.82) is 0 Å². The van der Waals surface area contributed by atoms with Gasteiger partial charge in [0.15, 0.2) is 0 Å². The first-order valence-electron chi connectivity index (χ1n) is 9.24. The number of hydrogen-bond acceptors (Lipinski definition) is 1. The SMILES string of the molecule is CCCCC1=CC(CCCC)(CCCC)Oc2ccccc21. The highest BCUT2D eigenvalue weighted by atomic mass is 16.5. The van der Waals surface area contributed by atoms with Crippen molar-refractivity contribution < 1.29 is 4.74 Å². The number of fused-ring (bicyclic) bond motifs is 1. The van der Waals surface area contributed by atoms with Crippen molar-refractivity contribution >= 4 is 5.57 Å². The lowest BCUT2D eigenvalue weighted by Crippen LogP contribution is -2.36. The second-order valence-corrected chi connectivity index (χ2v) is 6.64. The van der Waals surface area contributed by atoms with E-state index in [4.69, 9.17) is 4.74 Å². The highest BCUT2D eigenvalue weighted by Gasteiger charge is 2.33. The van der Waals surface area contributed by atoms with Crippen molar-refractivity contribution in [2.24, 2.45) is 0 Å². The first-order chi connectivity index (χ1) is 10.7. The zero-order valence-electron chi connectivity index (χ0n) is 14.7. The molecule has 0 aliphatic carbocycles. The van der Waals surface area contributed by atoms with Gasteiger partial charge in [0.05, 0.1) is 0 Å². The second-order valence-electron chi connectivity index (χ2n) is 6.64. The van der Waals surface area contributed by atoms with E-state index in [9.17, 15) is 0 Å². The zero-order valence-corrected chi connectivity index (χ0v) is 14.7. The normalized spacial score (nSPS) is 15.9. The molecule has 122 valence electrons. The van der Waals surface area contributed by atoms with Gasteiger partial charge in [-0.05, 0) is 56.2 Å². The number of hydrogen-bond donors (Lipinski definition) is 0. The van der Waals surface area contributed by atoms with Gasteiger partial charge in [0, 0.05) is 5.56 Å². The van der Waals surface area contributed by atoms with Crippen LogP contribution in [0, 0.1) is 0 Å². The summed E-state index contributed by atoms with van der Waals surface area (Å²) in [7, 11) is 0. The Balaban J connectivity index is 2.32. The van der Waals surface area contributed by atoms with Gasteiger partial charge < -0.3 is 4.74 Å². The Labute approximate surface area is 136 Å². The van der Waals surface area contributed by atoms with Crippen LogP contribution in [-0.2, 0) is 0 Å². The maximum absolute atomic E-state index is 6.56. The molecule has 0 unspecified atom stereocenters. The fourth-order valence-electron chi connectivity index (χ4n) is 3.36. The molecule has 0 saturated carbocycles. The largest absolute Gasteiger partial charge is 0.483 e. The Morgan fingerprint density at radius 1 is 0.864 bits per heavy atom. The molecule has 1 aromatic rings. The van der Waals surface area contributed by atoms with E-state index in [-0.39, 0.29) is 5.60 Å². The standard InChI is InChI=1S/C21H32O/c1-4-7-12-18-17-21(15-8-5-2,16-9-6-3)22-20-14-11-10-13-19(18)20/h10-11,13-14,17H,4-9,12,15-16H2,1-3H3. The topological polar surface area (TPSA) is 9.23 Å². The van der Waals surface area contributed by atoms with Crippen LogP contribution < -0.4 is 4.74 Å². The Hall–Kier alpha value is -1.24. The van der Waals surface area contributed by atoms with Crippen molar-refractivity contribution in [2.45, 2.75) is 84.2 Å². The minimum absolute atomic E-state index is 0.0660. The average molecular weight is 300 g/mol. The molecule has 0 saturated heterocycles. The molecule has 1 aliphatic heterocycles. The zero-order chi connectivity index (χ0) is 15.8. The van der Waals surface area contributed by atoms with Crippen LogP contribution in [-0.4, -0.2) is 5.60 Å². The molecule has 0 atom stereocenters. The van der Waals surface area contributed by atoms with Crippen LogP contribution in [0.3, 0.4) is 0 Å². The Bertz CT molecular complexity index is 478. The third kappa shape index (κ3) is 4.15. The van der Waals surface area contributed by atoms with Gasteiger partial charge >= 0.3 is 0 Å². The van der Waals surface area contributed by atoms with E-state index in [1.165, 1.54) is 56.1 Å². The third-order valence-electron chi connectivity index (χ3n) is 4.69. The first-order valence-corrected chi connectivity index (χ1v) is 9.24. The number of para-hydroxylation sites is 1. The predicted molar refractivity (Wildman–Crippen MR) is 96.4 cm³/mol. The van der Waals surface area contributed by atoms with E-state index in [1.54, 1.807) is 0 Å². The maximum Gasteiger partial charge on any atom is 0.128 e. The summed E-state index contributed by atoms with van der Waals surface area (Å²) in [6, 6.07) is 8.61. The van der Waals surface area contributed by atoms with E-state index in [0.717, 1.165) is 18.6 Å². The quantitative estimate of drug-likeness (QED) is 0.489. The molecule has 0 amide bonds. The molecule has 1 aromatic carbocycles. The van der Waals surface area contributed by atoms with Crippen molar-refractivity contribution in [3.8, 4) is 5.75 Å². The van der Waals surface area contributed by atoms with Gasteiger partial charge in [-0.2, -0.15) is 0 Å². The molecule has 0 aromatic heterocycles. The van der Waals surface area contributed by atoms with Gasteiger partial charge in [-0.3, -0.25) is 0 Å². The van der Waals surface area contributed by atoms with E-state index in [2.05, 4.69) is 51.1 Å². The molecular formula is C21H32O. The van der Waals surface area contributed by atoms with Crippen molar-refractivity contribution in [2.75, 3.05) is 0 Å². The van der Waals surface area contributed by atoms with Crippen LogP contribution in [0.5, 0.6) is 5.75 Å². The molecular weight excluding hydrogens is 268 g/mol. The lowest BCUT2D eigenvalue weighted by Gasteiger charge is -2.37. The molecule has 1 heteroatoms. The molecule has 0 N–H and O–H groups in total. The smallest absolute Gasteiger partial charge is 0.128 e. The number of unbranched alkanes of at least 4 members (excludes halogenated alkanes) is 3. The third-order valence-corrected chi connectivity index (χ3v) is 4.69. The average Bonchev–Trinajstić information content (AvgIpc) is 2.56. The minimum atomic E-state index is -0.0660. The van der Waals surface area contributed by atoms with Gasteiger partial charge in [0.1, 0.15) is 11.4 Å². The van der Waals surface area contributed by atoms with Gasteiger partial charge in [-0.15, -0.1) is 0 Å². The Morgan fingerprint density at radius 2 is 1.50 bits per heavy atom. The summed E-state index contributed by atoms with van der Waals surface area (Å²) >= 11 is 0. The summed E-state index contributed by atoms with van der Waals surface area (Å²) in [5.74, 6) is 1.10. The summed E-state index contributed by atoms with van der Waals surface area (Å²) in [5, 5.41) is 0. The van der Waals surface area contributed by atoms with Gasteiger partial charge in [-0.1, -0.05) is 58.2 Å². The van der Waals surface area contributed by atoms with Gasteiger partial charge in [0.25, 0.3) is 0 Å². The lowest BCUT2D eigenvalue weighted by molar-refractivity contribution is 0.0911. The maximum atomic E-state index is 6.56. The van der Waals surface area contributed by atoms with Crippen LogP contribution in [0.25, 0.3) is 5.57 Å². The van der Waals surface area contributed by atoms with Crippen LogP contribution in [0.15, 0.2) is 30.3 Å². The fourth-order valence-corrected chi connectivity index (χ4v) is 3.36. The molecule has 22 heavy (non-hydrogen) atoms. The van der Waals surface area contributed by atoms with Crippen LogP contribution >= 0.6 is 0 Å². The van der Waals surface area contributed by atoms with Gasteiger partial charge in [0.2, 0.25) is 0 Å².